The van der Waals surface area contributed by atoms with Crippen molar-refractivity contribution < 1.29 is 14.3 Å². The van der Waals surface area contributed by atoms with E-state index in [4.69, 9.17) is 0 Å². The van der Waals surface area contributed by atoms with Gasteiger partial charge in [-0.15, -0.1) is 0 Å². The first kappa shape index (κ1) is 18.3. The Labute approximate surface area is 149 Å². The van der Waals surface area contributed by atoms with E-state index >= 15 is 0 Å². The molecule has 25 heavy (non-hydrogen) atoms. The molecular formula is C20H29FN2O2. The first-order valence-electron chi connectivity index (χ1n) is 9.42. The molecule has 1 aliphatic heterocycles. The number of rotatable bonds is 5. The van der Waals surface area contributed by atoms with Gasteiger partial charge >= 0.3 is 0 Å². The topological polar surface area (TPSA) is 52.6 Å². The Morgan fingerprint density at radius 1 is 1.28 bits per heavy atom. The summed E-state index contributed by atoms with van der Waals surface area (Å²) in [5, 5.41) is 13.4. The van der Waals surface area contributed by atoms with E-state index in [2.05, 4.69) is 17.1 Å². The molecule has 1 aromatic rings. The number of halogens is 1. The summed E-state index contributed by atoms with van der Waals surface area (Å²) >= 11 is 0. The summed E-state index contributed by atoms with van der Waals surface area (Å²) < 4.78 is 13.1. The quantitative estimate of drug-likeness (QED) is 0.860. The molecular weight excluding hydrogens is 319 g/mol. The van der Waals surface area contributed by atoms with Gasteiger partial charge in [0.2, 0.25) is 5.91 Å². The van der Waals surface area contributed by atoms with Gasteiger partial charge in [0.1, 0.15) is 5.82 Å². The van der Waals surface area contributed by atoms with Crippen molar-refractivity contribution >= 4 is 5.91 Å². The summed E-state index contributed by atoms with van der Waals surface area (Å²) in [4.78, 5) is 14.9. The number of aliphatic hydroxyl groups is 1. The van der Waals surface area contributed by atoms with Crippen LogP contribution in [0.5, 0.6) is 0 Å². The molecule has 0 bridgehead atoms. The van der Waals surface area contributed by atoms with Crippen LogP contribution >= 0.6 is 0 Å². The second kappa shape index (κ2) is 7.83. The normalized spacial score (nSPS) is 30.4. The molecule has 2 N–H and O–H groups in total. The molecule has 2 fully saturated rings. The molecule has 1 amide bonds. The standard InChI is InChI=1S/C20H29FN2O2/c1-20(11-3-2-6-18(20)24)14-22-19(25)17-5-4-12-23(17)13-15-7-9-16(21)10-8-15/h7-10,17-18,24H,2-6,11-14H2,1H3,(H,22,25). The molecule has 3 unspecified atom stereocenters. The van der Waals surface area contributed by atoms with Crippen LogP contribution in [0.2, 0.25) is 0 Å². The van der Waals surface area contributed by atoms with Gasteiger partial charge in [0.15, 0.2) is 0 Å². The van der Waals surface area contributed by atoms with Gasteiger partial charge in [-0.1, -0.05) is 31.9 Å². The zero-order chi connectivity index (χ0) is 17.9. The minimum atomic E-state index is -0.333. The lowest BCUT2D eigenvalue weighted by Crippen LogP contribution is -2.49. The Morgan fingerprint density at radius 2 is 2.04 bits per heavy atom. The molecule has 0 spiro atoms. The highest BCUT2D eigenvalue weighted by Gasteiger charge is 2.37. The molecule has 3 rings (SSSR count). The number of hydrogen-bond donors (Lipinski definition) is 2. The van der Waals surface area contributed by atoms with Crippen LogP contribution in [0.1, 0.15) is 51.0 Å². The van der Waals surface area contributed by atoms with E-state index < -0.39 is 0 Å². The van der Waals surface area contributed by atoms with Gasteiger partial charge in [-0.2, -0.15) is 0 Å². The largest absolute Gasteiger partial charge is 0.392 e. The fourth-order valence-corrected chi connectivity index (χ4v) is 4.13. The number of nitrogens with zero attached hydrogens (tertiary/aromatic N) is 1. The van der Waals surface area contributed by atoms with Gasteiger partial charge in [0, 0.05) is 18.5 Å². The SMILES string of the molecule is CC1(CNC(=O)C2CCCN2Cc2ccc(F)cc2)CCCCC1O. The predicted octanol–water partition coefficient (Wildman–Crippen LogP) is 2.85. The van der Waals surface area contributed by atoms with Crippen LogP contribution in [0.4, 0.5) is 4.39 Å². The van der Waals surface area contributed by atoms with Crippen LogP contribution in [0, 0.1) is 11.2 Å². The number of amides is 1. The highest BCUT2D eigenvalue weighted by atomic mass is 19.1. The van der Waals surface area contributed by atoms with E-state index in [1.54, 1.807) is 12.1 Å². The van der Waals surface area contributed by atoms with Crippen molar-refractivity contribution in [3.8, 4) is 0 Å². The number of carbonyl (C=O) groups is 1. The van der Waals surface area contributed by atoms with Crippen molar-refractivity contribution in [3.05, 3.63) is 35.6 Å². The highest BCUT2D eigenvalue weighted by Crippen LogP contribution is 2.35. The Bertz CT molecular complexity index is 592. The fraction of sp³-hybridized carbons (Fsp3) is 0.650. The predicted molar refractivity (Wildman–Crippen MR) is 95.4 cm³/mol. The molecule has 1 saturated heterocycles. The Kier molecular flexibility index (Phi) is 5.74. The molecule has 1 heterocycles. The smallest absolute Gasteiger partial charge is 0.237 e. The molecule has 1 aromatic carbocycles. The third-order valence-corrected chi connectivity index (χ3v) is 5.91. The zero-order valence-electron chi connectivity index (χ0n) is 15.0. The lowest BCUT2D eigenvalue weighted by Gasteiger charge is -2.39. The molecule has 5 heteroatoms. The number of benzene rings is 1. The Morgan fingerprint density at radius 3 is 2.76 bits per heavy atom. The minimum Gasteiger partial charge on any atom is -0.392 e. The van der Waals surface area contributed by atoms with Crippen LogP contribution in [0.15, 0.2) is 24.3 Å². The van der Waals surface area contributed by atoms with E-state index in [1.165, 1.54) is 12.1 Å². The van der Waals surface area contributed by atoms with Crippen LogP contribution in [0.3, 0.4) is 0 Å². The van der Waals surface area contributed by atoms with Crippen LogP contribution in [-0.2, 0) is 11.3 Å². The second-order valence-corrected chi connectivity index (χ2v) is 7.89. The summed E-state index contributed by atoms with van der Waals surface area (Å²) in [6.45, 7) is 4.16. The summed E-state index contributed by atoms with van der Waals surface area (Å²) in [6, 6.07) is 6.36. The van der Waals surface area contributed by atoms with E-state index in [0.717, 1.165) is 50.6 Å². The molecule has 0 radical (unpaired) electrons. The lowest BCUT2D eigenvalue weighted by molar-refractivity contribution is -0.126. The van der Waals surface area contributed by atoms with Crippen LogP contribution in [0.25, 0.3) is 0 Å². The summed E-state index contributed by atoms with van der Waals surface area (Å²) in [7, 11) is 0. The van der Waals surface area contributed by atoms with Crippen LogP contribution < -0.4 is 5.32 Å². The summed E-state index contributed by atoms with van der Waals surface area (Å²) in [5.74, 6) is -0.183. The van der Waals surface area contributed by atoms with Crippen molar-refractivity contribution in [2.24, 2.45) is 5.41 Å². The molecule has 138 valence electrons. The third-order valence-electron chi connectivity index (χ3n) is 5.91. The maximum atomic E-state index is 13.1. The van der Waals surface area contributed by atoms with Crippen molar-refractivity contribution in [1.29, 1.82) is 0 Å². The van der Waals surface area contributed by atoms with Gasteiger partial charge in [0.05, 0.1) is 12.1 Å². The number of carbonyl (C=O) groups excluding carboxylic acids is 1. The summed E-state index contributed by atoms with van der Waals surface area (Å²) in [6.07, 6.45) is 5.49. The first-order valence-corrected chi connectivity index (χ1v) is 9.42. The monoisotopic (exact) mass is 348 g/mol. The van der Waals surface area contributed by atoms with Gasteiger partial charge in [0.25, 0.3) is 0 Å². The maximum Gasteiger partial charge on any atom is 0.237 e. The van der Waals surface area contributed by atoms with Crippen molar-refractivity contribution in [2.45, 2.75) is 64.1 Å². The number of hydrogen-bond acceptors (Lipinski definition) is 3. The molecule has 2 aliphatic rings. The molecule has 1 saturated carbocycles. The van der Waals surface area contributed by atoms with Gasteiger partial charge < -0.3 is 10.4 Å². The second-order valence-electron chi connectivity index (χ2n) is 7.89. The number of aliphatic hydroxyl groups excluding tert-OH is 1. The zero-order valence-corrected chi connectivity index (χ0v) is 15.0. The average Bonchev–Trinajstić information content (AvgIpc) is 3.06. The third kappa shape index (κ3) is 4.39. The molecule has 3 atom stereocenters. The van der Waals surface area contributed by atoms with E-state index in [9.17, 15) is 14.3 Å². The van der Waals surface area contributed by atoms with Gasteiger partial charge in [-0.3, -0.25) is 9.69 Å². The van der Waals surface area contributed by atoms with Crippen LogP contribution in [-0.4, -0.2) is 41.1 Å². The molecule has 1 aliphatic carbocycles. The minimum absolute atomic E-state index is 0.0543. The van der Waals surface area contributed by atoms with Crippen molar-refractivity contribution in [3.63, 3.8) is 0 Å². The molecule has 4 nitrogen and oxygen atoms in total. The highest BCUT2D eigenvalue weighted by molar-refractivity contribution is 5.82. The Hall–Kier alpha value is -1.46. The van der Waals surface area contributed by atoms with Crippen molar-refractivity contribution in [1.82, 2.24) is 10.2 Å². The van der Waals surface area contributed by atoms with Gasteiger partial charge in [-0.25, -0.2) is 4.39 Å². The average molecular weight is 348 g/mol. The van der Waals surface area contributed by atoms with E-state index in [0.29, 0.717) is 13.1 Å². The maximum absolute atomic E-state index is 13.1. The lowest BCUT2D eigenvalue weighted by atomic mass is 9.73. The van der Waals surface area contributed by atoms with E-state index in [1.807, 2.05) is 0 Å². The Balaban J connectivity index is 1.56. The van der Waals surface area contributed by atoms with Crippen molar-refractivity contribution in [2.75, 3.05) is 13.1 Å². The summed E-state index contributed by atoms with van der Waals surface area (Å²) in [5.41, 5.74) is 0.810. The van der Waals surface area contributed by atoms with E-state index in [-0.39, 0.29) is 29.3 Å². The first-order chi connectivity index (χ1) is 12.0. The number of likely N-dealkylation sites (tertiary alicyclic amines) is 1. The molecule has 0 aromatic heterocycles. The fourth-order valence-electron chi connectivity index (χ4n) is 4.13. The van der Waals surface area contributed by atoms with Gasteiger partial charge in [-0.05, 0) is 49.9 Å². The number of nitrogens with one attached hydrogen (secondary N) is 1.